The van der Waals surface area contributed by atoms with E-state index < -0.39 is 11.5 Å². The minimum Gasteiger partial charge on any atom is -0.387 e. The summed E-state index contributed by atoms with van der Waals surface area (Å²) in [5, 5.41) is 16.0. The molecule has 0 aliphatic carbocycles. The van der Waals surface area contributed by atoms with Crippen molar-refractivity contribution < 1.29 is 9.90 Å². The molecule has 0 spiro atoms. The van der Waals surface area contributed by atoms with Crippen molar-refractivity contribution in [1.82, 2.24) is 5.32 Å². The van der Waals surface area contributed by atoms with Gasteiger partial charge < -0.3 is 10.4 Å². The summed E-state index contributed by atoms with van der Waals surface area (Å²) in [5.41, 5.74) is 0.450. The van der Waals surface area contributed by atoms with E-state index in [4.69, 9.17) is 0 Å². The molecule has 4 heteroatoms. The van der Waals surface area contributed by atoms with E-state index in [-0.39, 0.29) is 12.5 Å². The van der Waals surface area contributed by atoms with Gasteiger partial charge in [0.15, 0.2) is 0 Å². The highest BCUT2D eigenvalue weighted by Crippen LogP contribution is 2.30. The Hall–Kier alpha value is -1.39. The minimum absolute atomic E-state index is 0.0499. The van der Waals surface area contributed by atoms with Gasteiger partial charge in [0.2, 0.25) is 5.91 Å². The topological polar surface area (TPSA) is 49.3 Å². The van der Waals surface area contributed by atoms with Crippen LogP contribution in [0.2, 0.25) is 0 Å². The van der Waals surface area contributed by atoms with Gasteiger partial charge in [-0.2, -0.15) is 0 Å². The van der Waals surface area contributed by atoms with Crippen LogP contribution in [0.4, 0.5) is 0 Å². The minimum atomic E-state index is -0.664. The van der Waals surface area contributed by atoms with E-state index in [0.717, 1.165) is 15.6 Å². The molecular weight excluding hydrogens is 258 g/mol. The molecule has 1 aromatic carbocycles. The molecule has 0 radical (unpaired) electrons. The molecule has 0 bridgehead atoms. The summed E-state index contributed by atoms with van der Waals surface area (Å²) in [7, 11) is 0. The monoisotopic (exact) mass is 277 g/mol. The number of hydrogen-bond donors (Lipinski definition) is 2. The van der Waals surface area contributed by atoms with Crippen LogP contribution < -0.4 is 5.32 Å². The van der Waals surface area contributed by atoms with E-state index in [1.54, 1.807) is 11.3 Å². The summed E-state index contributed by atoms with van der Waals surface area (Å²) >= 11 is 1.61. The first-order valence-corrected chi connectivity index (χ1v) is 7.20. The number of aliphatic hydroxyl groups is 1. The molecule has 3 nitrogen and oxygen atoms in total. The van der Waals surface area contributed by atoms with Crippen LogP contribution in [0.1, 0.15) is 32.4 Å². The van der Waals surface area contributed by atoms with Crippen LogP contribution in [0.15, 0.2) is 29.6 Å². The normalized spacial score (nSPS) is 13.5. The second kappa shape index (κ2) is 5.31. The molecular formula is C15H19NO2S. The van der Waals surface area contributed by atoms with Crippen LogP contribution in [0, 0.1) is 5.41 Å². The molecule has 1 aromatic heterocycles. The number of carbonyl (C=O) groups is 1. The van der Waals surface area contributed by atoms with Crippen molar-refractivity contribution in [3.8, 4) is 0 Å². The zero-order valence-corrected chi connectivity index (χ0v) is 12.3. The number of fused-ring (bicyclic) bond motifs is 1. The van der Waals surface area contributed by atoms with Crippen molar-refractivity contribution in [3.63, 3.8) is 0 Å². The molecule has 102 valence electrons. The van der Waals surface area contributed by atoms with Gasteiger partial charge in [0.05, 0.1) is 6.10 Å². The van der Waals surface area contributed by atoms with Crippen LogP contribution in [-0.2, 0) is 4.79 Å². The van der Waals surface area contributed by atoms with Crippen molar-refractivity contribution in [2.45, 2.75) is 26.9 Å². The average Bonchev–Trinajstić information content (AvgIpc) is 2.78. The Labute approximate surface area is 117 Å². The third kappa shape index (κ3) is 3.14. The van der Waals surface area contributed by atoms with E-state index in [2.05, 4.69) is 5.32 Å². The Kier molecular flexibility index (Phi) is 3.92. The highest BCUT2D eigenvalue weighted by Gasteiger charge is 2.22. The number of hydrogen-bond acceptors (Lipinski definition) is 3. The van der Waals surface area contributed by atoms with Crippen LogP contribution in [-0.4, -0.2) is 17.6 Å². The molecule has 0 aliphatic heterocycles. The fourth-order valence-electron chi connectivity index (χ4n) is 1.82. The molecule has 1 atom stereocenters. The number of carbonyl (C=O) groups excluding carboxylic acids is 1. The van der Waals surface area contributed by atoms with Crippen molar-refractivity contribution in [2.75, 3.05) is 6.54 Å². The molecule has 0 saturated carbocycles. The molecule has 0 aliphatic rings. The molecule has 2 rings (SSSR count). The summed E-state index contributed by atoms with van der Waals surface area (Å²) in [4.78, 5) is 11.8. The Balaban J connectivity index is 2.08. The Morgan fingerprint density at radius 2 is 2.05 bits per heavy atom. The van der Waals surface area contributed by atoms with Gasteiger partial charge in [-0.05, 0) is 16.8 Å². The molecule has 19 heavy (non-hydrogen) atoms. The van der Waals surface area contributed by atoms with Crippen molar-refractivity contribution in [3.05, 3.63) is 35.2 Å². The van der Waals surface area contributed by atoms with Gasteiger partial charge in [0, 0.05) is 22.2 Å². The van der Waals surface area contributed by atoms with E-state index >= 15 is 0 Å². The van der Waals surface area contributed by atoms with E-state index in [1.807, 2.05) is 50.4 Å². The average molecular weight is 277 g/mol. The van der Waals surface area contributed by atoms with Gasteiger partial charge in [0.1, 0.15) is 0 Å². The third-order valence-electron chi connectivity index (χ3n) is 3.01. The lowest BCUT2D eigenvalue weighted by atomic mass is 9.95. The lowest BCUT2D eigenvalue weighted by Crippen LogP contribution is -2.37. The molecule has 1 amide bonds. The van der Waals surface area contributed by atoms with E-state index in [9.17, 15) is 9.90 Å². The first kappa shape index (κ1) is 14.0. The molecule has 2 N–H and O–H groups in total. The summed E-state index contributed by atoms with van der Waals surface area (Å²) in [6.07, 6.45) is -0.664. The fraction of sp³-hybridized carbons (Fsp3) is 0.400. The van der Waals surface area contributed by atoms with Gasteiger partial charge in [0.25, 0.3) is 0 Å². The molecule has 0 saturated heterocycles. The van der Waals surface area contributed by atoms with Crippen LogP contribution in [0.25, 0.3) is 10.1 Å². The predicted octanol–water partition coefficient (Wildman–Crippen LogP) is 3.10. The molecule has 1 heterocycles. The van der Waals surface area contributed by atoms with Crippen LogP contribution >= 0.6 is 11.3 Å². The Morgan fingerprint density at radius 1 is 1.37 bits per heavy atom. The summed E-state index contributed by atoms with van der Waals surface area (Å²) in [6.45, 7) is 5.81. The fourth-order valence-corrected chi connectivity index (χ4v) is 2.83. The number of rotatable bonds is 3. The zero-order valence-electron chi connectivity index (χ0n) is 11.4. The van der Waals surface area contributed by atoms with Gasteiger partial charge in [-0.3, -0.25) is 4.79 Å². The maximum absolute atomic E-state index is 11.8. The lowest BCUT2D eigenvalue weighted by molar-refractivity contribution is -0.128. The lowest BCUT2D eigenvalue weighted by Gasteiger charge is -2.19. The van der Waals surface area contributed by atoms with Gasteiger partial charge in [-0.15, -0.1) is 11.3 Å². The van der Waals surface area contributed by atoms with Gasteiger partial charge in [-0.25, -0.2) is 0 Å². The smallest absolute Gasteiger partial charge is 0.225 e. The third-order valence-corrected chi connectivity index (χ3v) is 3.99. The highest BCUT2D eigenvalue weighted by atomic mass is 32.1. The number of aliphatic hydroxyl groups excluding tert-OH is 1. The zero-order chi connectivity index (χ0) is 14.0. The maximum Gasteiger partial charge on any atom is 0.225 e. The summed E-state index contributed by atoms with van der Waals surface area (Å²) < 4.78 is 1.15. The van der Waals surface area contributed by atoms with E-state index in [1.165, 1.54) is 0 Å². The second-order valence-electron chi connectivity index (χ2n) is 5.66. The second-order valence-corrected chi connectivity index (χ2v) is 6.57. The first-order chi connectivity index (χ1) is 8.89. The standard InChI is InChI=1S/C15H19NO2S/c1-15(2,3)14(18)16-8-12(17)11-9-19-13-7-5-4-6-10(11)13/h4-7,9,12,17H,8H2,1-3H3,(H,16,18)/t12-/m1/s1. The molecule has 2 aromatic rings. The molecule has 0 unspecified atom stereocenters. The summed E-state index contributed by atoms with van der Waals surface area (Å²) in [5.74, 6) is -0.0499. The maximum atomic E-state index is 11.8. The Bertz CT molecular complexity index is 583. The molecule has 0 fully saturated rings. The summed E-state index contributed by atoms with van der Waals surface area (Å²) in [6, 6.07) is 7.97. The number of benzene rings is 1. The largest absolute Gasteiger partial charge is 0.387 e. The van der Waals surface area contributed by atoms with Crippen LogP contribution in [0.5, 0.6) is 0 Å². The number of thiophene rings is 1. The quantitative estimate of drug-likeness (QED) is 0.905. The predicted molar refractivity (Wildman–Crippen MR) is 79.2 cm³/mol. The number of amides is 1. The van der Waals surface area contributed by atoms with Crippen LogP contribution in [0.3, 0.4) is 0 Å². The van der Waals surface area contributed by atoms with Gasteiger partial charge >= 0.3 is 0 Å². The first-order valence-electron chi connectivity index (χ1n) is 6.32. The van der Waals surface area contributed by atoms with Crippen molar-refractivity contribution in [2.24, 2.45) is 5.41 Å². The SMILES string of the molecule is CC(C)(C)C(=O)NC[C@@H](O)c1csc2ccccc12. The Morgan fingerprint density at radius 3 is 2.74 bits per heavy atom. The number of nitrogens with one attached hydrogen (secondary N) is 1. The van der Waals surface area contributed by atoms with Crippen molar-refractivity contribution >= 4 is 27.3 Å². The van der Waals surface area contributed by atoms with Crippen molar-refractivity contribution in [1.29, 1.82) is 0 Å². The van der Waals surface area contributed by atoms with Gasteiger partial charge in [-0.1, -0.05) is 39.0 Å². The van der Waals surface area contributed by atoms with E-state index in [0.29, 0.717) is 0 Å². The highest BCUT2D eigenvalue weighted by molar-refractivity contribution is 7.17.